The van der Waals surface area contributed by atoms with E-state index in [1.807, 2.05) is 0 Å². The summed E-state index contributed by atoms with van der Waals surface area (Å²) in [6, 6.07) is 7.08. The number of morpholine rings is 1. The largest absolute Gasteiger partial charge is 0.433 e. The van der Waals surface area contributed by atoms with Crippen molar-refractivity contribution in [2.45, 2.75) is 6.18 Å². The van der Waals surface area contributed by atoms with Gasteiger partial charge in [-0.05, 0) is 12.1 Å². The topological polar surface area (TPSA) is 75.5 Å². The molecular weight excluding hydrogens is 383 g/mol. The first kappa shape index (κ1) is 17.7. The van der Waals surface area contributed by atoms with Gasteiger partial charge in [-0.1, -0.05) is 23.5 Å². The molecule has 1 fully saturated rings. The molecule has 0 saturated carbocycles. The molecule has 0 bridgehead atoms. The second kappa shape index (κ2) is 6.82. The number of para-hydroxylation sites is 1. The van der Waals surface area contributed by atoms with E-state index in [9.17, 15) is 18.0 Å². The van der Waals surface area contributed by atoms with E-state index in [-0.39, 0.29) is 5.13 Å². The lowest BCUT2D eigenvalue weighted by Gasteiger charge is -2.23. The van der Waals surface area contributed by atoms with Crippen LogP contribution in [0, 0.1) is 0 Å². The molecule has 3 heterocycles. The lowest BCUT2D eigenvalue weighted by atomic mass is 10.2. The Morgan fingerprint density at radius 2 is 2.00 bits per heavy atom. The van der Waals surface area contributed by atoms with E-state index in [1.54, 1.807) is 29.3 Å². The fourth-order valence-electron chi connectivity index (χ4n) is 2.68. The maximum atomic E-state index is 13.4. The maximum absolute atomic E-state index is 13.4. The molecule has 0 unspecified atom stereocenters. The SMILES string of the molecule is O=c1c(/C=N\N2CCOCC2)c(C(F)(F)F)[nH]n1-c1nc2ccccc2s1. The monoisotopic (exact) mass is 397 g/mol. The Bertz CT molecular complexity index is 1010. The van der Waals surface area contributed by atoms with Gasteiger partial charge >= 0.3 is 6.18 Å². The summed E-state index contributed by atoms with van der Waals surface area (Å²) in [5.41, 5.74) is -1.94. The smallest absolute Gasteiger partial charge is 0.378 e. The van der Waals surface area contributed by atoms with Gasteiger partial charge in [0, 0.05) is 0 Å². The normalized spacial score (nSPS) is 15.9. The van der Waals surface area contributed by atoms with Crippen molar-refractivity contribution in [2.24, 2.45) is 5.10 Å². The zero-order chi connectivity index (χ0) is 19.0. The number of nitrogens with one attached hydrogen (secondary N) is 1. The second-order valence-corrected chi connectivity index (χ2v) is 6.82. The highest BCUT2D eigenvalue weighted by molar-refractivity contribution is 7.20. The van der Waals surface area contributed by atoms with Gasteiger partial charge in [0.25, 0.3) is 5.56 Å². The lowest BCUT2D eigenvalue weighted by molar-refractivity contribution is -0.141. The molecule has 0 spiro atoms. The van der Waals surface area contributed by atoms with Gasteiger partial charge in [-0.25, -0.2) is 4.98 Å². The summed E-state index contributed by atoms with van der Waals surface area (Å²) < 4.78 is 47.0. The summed E-state index contributed by atoms with van der Waals surface area (Å²) in [7, 11) is 0. The van der Waals surface area contributed by atoms with E-state index in [1.165, 1.54) is 0 Å². The van der Waals surface area contributed by atoms with E-state index in [2.05, 4.69) is 15.2 Å². The number of alkyl halides is 3. The van der Waals surface area contributed by atoms with Gasteiger partial charge in [0.2, 0.25) is 5.13 Å². The average molecular weight is 397 g/mol. The number of hydrogen-bond acceptors (Lipinski definition) is 6. The zero-order valence-corrected chi connectivity index (χ0v) is 14.7. The van der Waals surface area contributed by atoms with Crippen LogP contribution in [0.15, 0.2) is 34.2 Å². The minimum Gasteiger partial charge on any atom is -0.378 e. The Kier molecular flexibility index (Phi) is 4.48. The van der Waals surface area contributed by atoms with E-state index in [0.717, 1.165) is 26.9 Å². The van der Waals surface area contributed by atoms with Crippen LogP contribution >= 0.6 is 11.3 Å². The fourth-order valence-corrected chi connectivity index (χ4v) is 3.61. The number of fused-ring (bicyclic) bond motifs is 1. The first-order chi connectivity index (χ1) is 12.9. The summed E-state index contributed by atoms with van der Waals surface area (Å²) in [6.45, 7) is 1.78. The van der Waals surface area contributed by atoms with Crippen molar-refractivity contribution < 1.29 is 17.9 Å². The lowest BCUT2D eigenvalue weighted by Crippen LogP contribution is -2.32. The number of aromatic amines is 1. The molecule has 0 atom stereocenters. The zero-order valence-electron chi connectivity index (χ0n) is 13.9. The van der Waals surface area contributed by atoms with Crippen LogP contribution in [0.5, 0.6) is 0 Å². The molecule has 1 saturated heterocycles. The van der Waals surface area contributed by atoms with Crippen molar-refractivity contribution in [1.82, 2.24) is 19.8 Å². The van der Waals surface area contributed by atoms with Gasteiger partial charge in [-0.3, -0.25) is 14.9 Å². The molecule has 4 rings (SSSR count). The number of hydrogen-bond donors (Lipinski definition) is 1. The third-order valence-electron chi connectivity index (χ3n) is 4.02. The molecule has 2 aromatic heterocycles. The van der Waals surface area contributed by atoms with Crippen LogP contribution in [-0.2, 0) is 10.9 Å². The van der Waals surface area contributed by atoms with Crippen LogP contribution in [0.25, 0.3) is 15.3 Å². The van der Waals surface area contributed by atoms with Crippen molar-refractivity contribution >= 4 is 27.8 Å². The van der Waals surface area contributed by atoms with Gasteiger partial charge in [-0.2, -0.15) is 23.0 Å². The summed E-state index contributed by atoms with van der Waals surface area (Å²) in [4.78, 5) is 16.9. The molecule has 11 heteroatoms. The van der Waals surface area contributed by atoms with E-state index in [0.29, 0.717) is 31.8 Å². The molecule has 1 aliphatic heterocycles. The number of thiazole rings is 1. The molecule has 1 aliphatic rings. The minimum absolute atomic E-state index is 0.137. The third-order valence-corrected chi connectivity index (χ3v) is 5.04. The summed E-state index contributed by atoms with van der Waals surface area (Å²) in [5, 5.41) is 7.87. The molecule has 1 aromatic carbocycles. The van der Waals surface area contributed by atoms with Crippen LogP contribution in [0.1, 0.15) is 11.3 Å². The number of H-pyrrole nitrogens is 1. The number of halogens is 3. The van der Waals surface area contributed by atoms with Crippen molar-refractivity contribution in [1.29, 1.82) is 0 Å². The molecule has 1 N–H and O–H groups in total. The average Bonchev–Trinajstić information content (AvgIpc) is 3.21. The highest BCUT2D eigenvalue weighted by Crippen LogP contribution is 2.30. The maximum Gasteiger partial charge on any atom is 0.433 e. The Hall–Kier alpha value is -2.66. The Balaban J connectivity index is 1.78. The fraction of sp³-hybridized carbons (Fsp3) is 0.312. The van der Waals surface area contributed by atoms with E-state index >= 15 is 0 Å². The van der Waals surface area contributed by atoms with Gasteiger partial charge in [0.05, 0.1) is 48.3 Å². The van der Waals surface area contributed by atoms with Crippen molar-refractivity contribution in [3.05, 3.63) is 45.9 Å². The Morgan fingerprint density at radius 1 is 1.26 bits per heavy atom. The van der Waals surface area contributed by atoms with Gasteiger partial charge in [0.1, 0.15) is 0 Å². The minimum atomic E-state index is -4.73. The van der Waals surface area contributed by atoms with Crippen LogP contribution in [0.3, 0.4) is 0 Å². The van der Waals surface area contributed by atoms with Crippen molar-refractivity contribution in [3.63, 3.8) is 0 Å². The summed E-state index contributed by atoms with van der Waals surface area (Å²) in [5.74, 6) is 0. The number of rotatable bonds is 3. The molecule has 3 aromatic rings. The van der Waals surface area contributed by atoms with E-state index < -0.39 is 23.0 Å². The van der Waals surface area contributed by atoms with Gasteiger partial charge in [0.15, 0.2) is 5.69 Å². The second-order valence-electron chi connectivity index (χ2n) is 5.81. The third kappa shape index (κ3) is 3.47. The number of nitrogens with zero attached hydrogens (tertiary/aromatic N) is 4. The van der Waals surface area contributed by atoms with Crippen molar-refractivity contribution in [2.75, 3.05) is 26.3 Å². The van der Waals surface area contributed by atoms with Crippen LogP contribution in [-0.4, -0.2) is 52.3 Å². The molecule has 0 radical (unpaired) electrons. The van der Waals surface area contributed by atoms with Crippen LogP contribution in [0.2, 0.25) is 0 Å². The van der Waals surface area contributed by atoms with Crippen LogP contribution in [0.4, 0.5) is 13.2 Å². The highest BCUT2D eigenvalue weighted by atomic mass is 32.1. The molecule has 0 aliphatic carbocycles. The molecular formula is C16H14F3N5O2S. The van der Waals surface area contributed by atoms with Crippen LogP contribution < -0.4 is 5.56 Å². The van der Waals surface area contributed by atoms with Gasteiger partial charge < -0.3 is 4.74 Å². The molecule has 142 valence electrons. The molecule has 0 amide bonds. The highest BCUT2D eigenvalue weighted by Gasteiger charge is 2.38. The van der Waals surface area contributed by atoms with Gasteiger partial charge in [-0.15, -0.1) is 0 Å². The number of ether oxygens (including phenoxy) is 1. The predicted octanol–water partition coefficient (Wildman–Crippen LogP) is 2.46. The summed E-state index contributed by atoms with van der Waals surface area (Å²) >= 11 is 1.13. The van der Waals surface area contributed by atoms with E-state index in [4.69, 9.17) is 4.74 Å². The summed E-state index contributed by atoms with van der Waals surface area (Å²) in [6.07, 6.45) is -3.77. The number of hydrazone groups is 1. The standard InChI is InChI=1S/C16H14F3N5O2S/c17-16(18,19)13-10(9-20-23-5-7-26-8-6-23)14(25)24(22-13)15-21-11-3-1-2-4-12(11)27-15/h1-4,9,22H,5-8H2/b20-9-. The van der Waals surface area contributed by atoms with Crippen molar-refractivity contribution in [3.8, 4) is 5.13 Å². The first-order valence-electron chi connectivity index (χ1n) is 8.08. The molecule has 27 heavy (non-hydrogen) atoms. The number of aromatic nitrogens is 3. The predicted molar refractivity (Wildman–Crippen MR) is 94.6 cm³/mol. The quantitative estimate of drug-likeness (QED) is 0.689. The Morgan fingerprint density at radius 3 is 2.70 bits per heavy atom. The number of benzene rings is 1. The first-order valence-corrected chi connectivity index (χ1v) is 8.90. The molecule has 7 nitrogen and oxygen atoms in total. The Labute approximate surface area is 154 Å².